The third-order valence-electron chi connectivity index (χ3n) is 3.55. The molecule has 4 heteroatoms. The third kappa shape index (κ3) is 2.46. The van der Waals surface area contributed by atoms with Gasteiger partial charge in [-0.15, -0.1) is 0 Å². The van der Waals surface area contributed by atoms with Crippen molar-refractivity contribution in [2.75, 3.05) is 11.9 Å². The van der Waals surface area contributed by atoms with Crippen LogP contribution in [0, 0.1) is 17.2 Å². The van der Waals surface area contributed by atoms with Crippen molar-refractivity contribution in [3.8, 4) is 6.07 Å². The molecule has 1 aromatic heterocycles. The number of pyridine rings is 1. The van der Waals surface area contributed by atoms with Crippen LogP contribution in [-0.4, -0.2) is 17.6 Å². The van der Waals surface area contributed by atoms with Gasteiger partial charge < -0.3 is 11.1 Å². The number of anilines is 1. The van der Waals surface area contributed by atoms with Crippen molar-refractivity contribution in [3.63, 3.8) is 0 Å². The summed E-state index contributed by atoms with van der Waals surface area (Å²) in [7, 11) is 0. The summed E-state index contributed by atoms with van der Waals surface area (Å²) in [5.41, 5.74) is 8.75. The minimum atomic E-state index is 0.157. The zero-order valence-corrected chi connectivity index (χ0v) is 11.0. The number of rotatable bonds is 4. The smallest absolute Gasteiger partial charge is 0.144 e. The summed E-state index contributed by atoms with van der Waals surface area (Å²) < 4.78 is 0. The molecule has 0 spiro atoms. The zero-order chi connectivity index (χ0) is 13.1. The Balaban J connectivity index is 2.30. The molecule has 1 aliphatic carbocycles. The van der Waals surface area contributed by atoms with Crippen molar-refractivity contribution in [2.45, 2.75) is 39.2 Å². The molecule has 1 aliphatic rings. The second-order valence-corrected chi connectivity index (χ2v) is 5.19. The SMILES string of the molecule is CC(C)C(CN)Nc1nc2c(cc1C#N)CCC2. The molecule has 0 fully saturated rings. The highest BCUT2D eigenvalue weighted by Gasteiger charge is 2.19. The molecule has 4 nitrogen and oxygen atoms in total. The van der Waals surface area contributed by atoms with E-state index in [1.165, 1.54) is 5.56 Å². The Hall–Kier alpha value is -1.60. The lowest BCUT2D eigenvalue weighted by molar-refractivity contribution is 0.530. The zero-order valence-electron chi connectivity index (χ0n) is 11.0. The number of aryl methyl sites for hydroxylation is 2. The van der Waals surface area contributed by atoms with E-state index in [0.717, 1.165) is 25.0 Å². The molecule has 96 valence electrons. The maximum absolute atomic E-state index is 9.21. The van der Waals surface area contributed by atoms with Crippen LogP contribution in [0.3, 0.4) is 0 Å². The molecule has 0 saturated carbocycles. The molecule has 0 aliphatic heterocycles. The number of nitrogens with two attached hydrogens (primary N) is 1. The van der Waals surface area contributed by atoms with Crippen LogP contribution >= 0.6 is 0 Å². The summed E-state index contributed by atoms with van der Waals surface area (Å²) in [6.07, 6.45) is 3.20. The fraction of sp³-hybridized carbons (Fsp3) is 0.571. The number of hydrogen-bond donors (Lipinski definition) is 2. The van der Waals surface area contributed by atoms with Gasteiger partial charge in [0.05, 0.1) is 5.56 Å². The number of nitrogens with one attached hydrogen (secondary N) is 1. The summed E-state index contributed by atoms with van der Waals surface area (Å²) in [5, 5.41) is 12.5. The van der Waals surface area contributed by atoms with E-state index in [-0.39, 0.29) is 6.04 Å². The van der Waals surface area contributed by atoms with Crippen LogP contribution in [0.1, 0.15) is 37.1 Å². The Morgan fingerprint density at radius 1 is 1.50 bits per heavy atom. The summed E-state index contributed by atoms with van der Waals surface area (Å²) in [6, 6.07) is 4.36. The van der Waals surface area contributed by atoms with Crippen LogP contribution in [0.2, 0.25) is 0 Å². The van der Waals surface area contributed by atoms with Gasteiger partial charge in [0.25, 0.3) is 0 Å². The van der Waals surface area contributed by atoms with Crippen molar-refractivity contribution in [1.29, 1.82) is 5.26 Å². The first-order chi connectivity index (χ1) is 8.65. The molecule has 18 heavy (non-hydrogen) atoms. The van der Waals surface area contributed by atoms with E-state index in [2.05, 4.69) is 30.2 Å². The molecular weight excluding hydrogens is 224 g/mol. The van der Waals surface area contributed by atoms with E-state index < -0.39 is 0 Å². The van der Waals surface area contributed by atoms with Gasteiger partial charge in [-0.25, -0.2) is 4.98 Å². The van der Waals surface area contributed by atoms with Gasteiger partial charge in [-0.2, -0.15) is 5.26 Å². The summed E-state index contributed by atoms with van der Waals surface area (Å²) >= 11 is 0. The number of hydrogen-bond acceptors (Lipinski definition) is 4. The maximum atomic E-state index is 9.21. The van der Waals surface area contributed by atoms with E-state index in [1.807, 2.05) is 6.07 Å². The second-order valence-electron chi connectivity index (χ2n) is 5.19. The molecule has 0 amide bonds. The monoisotopic (exact) mass is 244 g/mol. The summed E-state index contributed by atoms with van der Waals surface area (Å²) in [6.45, 7) is 4.77. The first-order valence-electron chi connectivity index (χ1n) is 6.55. The highest BCUT2D eigenvalue weighted by molar-refractivity contribution is 5.55. The minimum absolute atomic E-state index is 0.157. The molecule has 0 radical (unpaired) electrons. The second kappa shape index (κ2) is 5.36. The molecule has 0 bridgehead atoms. The van der Waals surface area contributed by atoms with Crippen molar-refractivity contribution >= 4 is 5.82 Å². The number of fused-ring (bicyclic) bond motifs is 1. The van der Waals surface area contributed by atoms with Gasteiger partial charge in [0.15, 0.2) is 0 Å². The Morgan fingerprint density at radius 3 is 2.89 bits per heavy atom. The van der Waals surface area contributed by atoms with E-state index in [9.17, 15) is 5.26 Å². The molecule has 2 rings (SSSR count). The first-order valence-corrected chi connectivity index (χ1v) is 6.55. The van der Waals surface area contributed by atoms with Gasteiger partial charge in [-0.05, 0) is 36.8 Å². The lowest BCUT2D eigenvalue weighted by Gasteiger charge is -2.22. The molecule has 1 aromatic rings. The highest BCUT2D eigenvalue weighted by atomic mass is 15.0. The average molecular weight is 244 g/mol. The molecule has 1 unspecified atom stereocenters. The van der Waals surface area contributed by atoms with E-state index in [4.69, 9.17) is 5.73 Å². The van der Waals surface area contributed by atoms with Crippen LogP contribution in [0.25, 0.3) is 0 Å². The number of nitrogens with zero attached hydrogens (tertiary/aromatic N) is 2. The molecular formula is C14H20N4. The van der Waals surface area contributed by atoms with E-state index in [0.29, 0.717) is 23.8 Å². The predicted octanol–water partition coefficient (Wildman–Crippen LogP) is 1.84. The van der Waals surface area contributed by atoms with Crippen LogP contribution < -0.4 is 11.1 Å². The molecule has 0 saturated heterocycles. The van der Waals surface area contributed by atoms with Crippen molar-refractivity contribution in [3.05, 3.63) is 22.9 Å². The Morgan fingerprint density at radius 2 is 2.28 bits per heavy atom. The highest BCUT2D eigenvalue weighted by Crippen LogP contribution is 2.25. The normalized spacial score (nSPS) is 15.3. The lowest BCUT2D eigenvalue weighted by Crippen LogP contribution is -2.34. The predicted molar refractivity (Wildman–Crippen MR) is 72.3 cm³/mol. The van der Waals surface area contributed by atoms with Crippen LogP contribution in [0.4, 0.5) is 5.82 Å². The molecule has 0 aromatic carbocycles. The largest absolute Gasteiger partial charge is 0.365 e. The van der Waals surface area contributed by atoms with Gasteiger partial charge in [0.2, 0.25) is 0 Å². The van der Waals surface area contributed by atoms with Crippen LogP contribution in [0.5, 0.6) is 0 Å². The quantitative estimate of drug-likeness (QED) is 0.847. The van der Waals surface area contributed by atoms with Crippen molar-refractivity contribution in [1.82, 2.24) is 4.98 Å². The van der Waals surface area contributed by atoms with Gasteiger partial charge in [0.1, 0.15) is 11.9 Å². The summed E-state index contributed by atoms with van der Waals surface area (Å²) in [4.78, 5) is 4.61. The standard InChI is InChI=1S/C14H20N4/c1-9(2)13(8-16)18-14-11(7-15)6-10-4-3-5-12(10)17-14/h6,9,13H,3-5,8,16H2,1-2H3,(H,17,18). The summed E-state index contributed by atoms with van der Waals surface area (Å²) in [5.74, 6) is 1.11. The van der Waals surface area contributed by atoms with Crippen LogP contribution in [-0.2, 0) is 12.8 Å². The van der Waals surface area contributed by atoms with Gasteiger partial charge in [-0.1, -0.05) is 13.8 Å². The van der Waals surface area contributed by atoms with E-state index >= 15 is 0 Å². The fourth-order valence-corrected chi connectivity index (χ4v) is 2.34. The van der Waals surface area contributed by atoms with Crippen molar-refractivity contribution in [2.24, 2.45) is 11.7 Å². The van der Waals surface area contributed by atoms with E-state index in [1.54, 1.807) is 0 Å². The molecule has 1 atom stereocenters. The van der Waals surface area contributed by atoms with Crippen LogP contribution in [0.15, 0.2) is 6.07 Å². The van der Waals surface area contributed by atoms with Gasteiger partial charge in [0, 0.05) is 18.3 Å². The molecule has 3 N–H and O–H groups in total. The number of nitriles is 1. The van der Waals surface area contributed by atoms with Crippen molar-refractivity contribution < 1.29 is 0 Å². The van der Waals surface area contributed by atoms with Gasteiger partial charge in [-0.3, -0.25) is 0 Å². The Bertz CT molecular complexity index is 473. The fourth-order valence-electron chi connectivity index (χ4n) is 2.34. The first kappa shape index (κ1) is 12.8. The van der Waals surface area contributed by atoms with Gasteiger partial charge >= 0.3 is 0 Å². The molecule has 1 heterocycles. The maximum Gasteiger partial charge on any atom is 0.144 e. The Labute approximate surface area is 108 Å². The lowest BCUT2D eigenvalue weighted by atomic mass is 10.0. The topological polar surface area (TPSA) is 74.7 Å². The average Bonchev–Trinajstić information content (AvgIpc) is 2.81. The minimum Gasteiger partial charge on any atom is -0.365 e. The Kier molecular flexibility index (Phi) is 3.83. The number of aromatic nitrogens is 1. The third-order valence-corrected chi connectivity index (χ3v) is 3.55.